The summed E-state index contributed by atoms with van der Waals surface area (Å²) in [5, 5.41) is 86.4. The van der Waals surface area contributed by atoms with Gasteiger partial charge in [-0.1, -0.05) is 27.7 Å². The highest BCUT2D eigenvalue weighted by Crippen LogP contribution is 2.79. The lowest BCUT2D eigenvalue weighted by molar-refractivity contribution is -0.380. The summed E-state index contributed by atoms with van der Waals surface area (Å²) in [5.74, 6) is 0.0360. The van der Waals surface area contributed by atoms with Crippen LogP contribution >= 0.6 is 0 Å². The van der Waals surface area contributed by atoms with Gasteiger partial charge in [-0.25, -0.2) is 0 Å². The highest BCUT2D eigenvalue weighted by atomic mass is 16.8. The Hall–Kier alpha value is -1.54. The number of rotatable bonds is 9. The van der Waals surface area contributed by atoms with Gasteiger partial charge in [0.15, 0.2) is 12.6 Å². The predicted octanol–water partition coefficient (Wildman–Crippen LogP) is 0.928. The minimum atomic E-state index is -1.82. The molecule has 16 heteroatoms. The summed E-state index contributed by atoms with van der Waals surface area (Å²) >= 11 is 0. The van der Waals surface area contributed by atoms with Gasteiger partial charge in [-0.2, -0.15) is 0 Å². The molecule has 342 valence electrons. The van der Waals surface area contributed by atoms with Crippen LogP contribution in [0.15, 0.2) is 0 Å². The summed E-state index contributed by atoms with van der Waals surface area (Å²) in [6.45, 7) is 10.8. The minimum Gasteiger partial charge on any atom is -0.463 e. The van der Waals surface area contributed by atoms with Gasteiger partial charge < -0.3 is 69.3 Å². The van der Waals surface area contributed by atoms with E-state index in [0.717, 1.165) is 64.7 Å². The SMILES string of the molecule is CC(=O)OCC1OC(OC2C(OC3CCC4(C)C(CCC5(C)C4CCC4C67CCC(C6CCC45C)C(C)(CO)OC7=O)C3(C)CO)OC(CO)C(O)C2O)C(O)C(O)C1O. The third-order valence-electron chi connectivity index (χ3n) is 18.9. The fourth-order valence-electron chi connectivity index (χ4n) is 15.6. The molecule has 3 aliphatic heterocycles. The molecule has 8 fully saturated rings. The lowest BCUT2D eigenvalue weighted by Crippen LogP contribution is -2.70. The predicted molar refractivity (Wildman–Crippen MR) is 208 cm³/mol. The maximum absolute atomic E-state index is 14.3. The van der Waals surface area contributed by atoms with Crippen LogP contribution in [0, 0.1) is 56.7 Å². The number of hydrogen-bond donors (Lipinski definition) is 8. The van der Waals surface area contributed by atoms with Crippen LogP contribution in [0.1, 0.15) is 106 Å². The van der Waals surface area contributed by atoms with Crippen LogP contribution in [-0.4, -0.2) is 152 Å². The molecule has 60 heavy (non-hydrogen) atoms. The van der Waals surface area contributed by atoms with Gasteiger partial charge in [-0.3, -0.25) is 9.59 Å². The fourth-order valence-corrected chi connectivity index (χ4v) is 15.6. The number of carbonyl (C=O) groups excluding carboxylic acids is 2. The smallest absolute Gasteiger partial charge is 0.313 e. The van der Waals surface area contributed by atoms with Crippen molar-refractivity contribution in [2.45, 2.75) is 179 Å². The average molecular weight is 855 g/mol. The Kier molecular flexibility index (Phi) is 11.7. The number of esters is 2. The van der Waals surface area contributed by atoms with Crippen LogP contribution < -0.4 is 0 Å². The van der Waals surface area contributed by atoms with E-state index in [-0.39, 0.29) is 65.0 Å². The fraction of sp³-hybridized carbons (Fsp3) is 0.955. The molecule has 16 nitrogen and oxygen atoms in total. The maximum atomic E-state index is 14.3. The zero-order chi connectivity index (χ0) is 43.5. The van der Waals surface area contributed by atoms with E-state index in [4.69, 9.17) is 28.4 Å². The average Bonchev–Trinajstić information content (AvgIpc) is 3.58. The van der Waals surface area contributed by atoms with Gasteiger partial charge in [0.1, 0.15) is 61.0 Å². The Morgan fingerprint density at radius 1 is 0.667 bits per heavy atom. The standard InChI is InChI=1S/C44H70O16/c1-21(48)55-18-25-31(50)32(51)34(53)36(57-25)59-35-33(52)30(49)24(17-45)56-37(35)58-29-12-13-39(2)26(40(29,3)19-46)11-15-41(4)27(39)7-8-28-42(41,5)14-9-23-22-10-16-44(23,28)38(54)60-43(22,6)20-47/h22-37,45-47,49-53H,7-20H2,1-6H3. The lowest BCUT2D eigenvalue weighted by Gasteiger charge is -2.73. The van der Waals surface area contributed by atoms with Crippen LogP contribution in [0.3, 0.4) is 0 Å². The molecule has 22 unspecified atom stereocenters. The van der Waals surface area contributed by atoms with Crippen molar-refractivity contribution < 1.29 is 78.9 Å². The quantitative estimate of drug-likeness (QED) is 0.119. The molecular formula is C44H70O16. The van der Waals surface area contributed by atoms with E-state index in [9.17, 15) is 50.4 Å². The van der Waals surface area contributed by atoms with Crippen LogP contribution in [-0.2, 0) is 38.0 Å². The number of aliphatic hydroxyl groups excluding tert-OH is 8. The molecule has 8 aliphatic rings. The molecule has 22 atom stereocenters. The van der Waals surface area contributed by atoms with E-state index in [1.165, 1.54) is 0 Å². The van der Waals surface area contributed by atoms with E-state index >= 15 is 0 Å². The van der Waals surface area contributed by atoms with Crippen molar-refractivity contribution in [3.8, 4) is 0 Å². The third kappa shape index (κ3) is 6.27. The van der Waals surface area contributed by atoms with E-state index in [1.807, 2.05) is 13.8 Å². The van der Waals surface area contributed by atoms with E-state index in [0.29, 0.717) is 6.42 Å². The van der Waals surface area contributed by atoms with Crippen molar-refractivity contribution in [1.29, 1.82) is 0 Å². The van der Waals surface area contributed by atoms with Crippen molar-refractivity contribution >= 4 is 11.9 Å². The lowest BCUT2D eigenvalue weighted by atomic mass is 9.31. The maximum Gasteiger partial charge on any atom is 0.313 e. The second-order valence-corrected chi connectivity index (χ2v) is 21.3. The van der Waals surface area contributed by atoms with E-state index in [1.54, 1.807) is 0 Å². The van der Waals surface area contributed by atoms with Gasteiger partial charge in [0.2, 0.25) is 0 Å². The highest BCUT2D eigenvalue weighted by molar-refractivity contribution is 5.80. The molecule has 5 aliphatic carbocycles. The van der Waals surface area contributed by atoms with Gasteiger partial charge in [-0.15, -0.1) is 0 Å². The molecule has 0 radical (unpaired) electrons. The van der Waals surface area contributed by atoms with E-state index in [2.05, 4.69) is 20.8 Å². The molecule has 0 aromatic heterocycles. The van der Waals surface area contributed by atoms with Crippen LogP contribution in [0.2, 0.25) is 0 Å². The van der Waals surface area contributed by atoms with Gasteiger partial charge in [-0.05, 0) is 111 Å². The Labute approximate surface area is 352 Å². The first kappa shape index (κ1) is 45.0. The third-order valence-corrected chi connectivity index (χ3v) is 18.9. The molecule has 0 aromatic carbocycles. The Balaban J connectivity index is 1.04. The second kappa shape index (κ2) is 15.6. The summed E-state index contributed by atoms with van der Waals surface area (Å²) in [7, 11) is 0. The topological polar surface area (TPSA) is 251 Å². The number of cyclic esters (lactones) is 1. The number of aliphatic hydroxyl groups is 8. The zero-order valence-corrected chi connectivity index (χ0v) is 36.0. The molecule has 3 saturated heterocycles. The minimum absolute atomic E-state index is 0.00322. The largest absolute Gasteiger partial charge is 0.463 e. The highest BCUT2D eigenvalue weighted by Gasteiger charge is 2.76. The summed E-state index contributed by atoms with van der Waals surface area (Å²) < 4.78 is 35.8. The summed E-state index contributed by atoms with van der Waals surface area (Å²) in [6.07, 6.45) is -8.07. The molecular weight excluding hydrogens is 784 g/mol. The van der Waals surface area contributed by atoms with Gasteiger partial charge in [0, 0.05) is 18.3 Å². The molecule has 0 spiro atoms. The van der Waals surface area contributed by atoms with Crippen molar-refractivity contribution in [3.63, 3.8) is 0 Å². The van der Waals surface area contributed by atoms with E-state index < -0.39 is 103 Å². The summed E-state index contributed by atoms with van der Waals surface area (Å²) in [4.78, 5) is 25.8. The number of ether oxygens (including phenoxy) is 6. The number of fused-ring (bicyclic) bond motifs is 5. The first-order valence-electron chi connectivity index (χ1n) is 22.4. The molecule has 8 N–H and O–H groups in total. The first-order valence-corrected chi connectivity index (χ1v) is 22.4. The molecule has 3 heterocycles. The first-order chi connectivity index (χ1) is 28.2. The second-order valence-electron chi connectivity index (χ2n) is 21.3. The number of hydrogen-bond acceptors (Lipinski definition) is 16. The van der Waals surface area contributed by atoms with Crippen molar-refractivity contribution in [3.05, 3.63) is 0 Å². The van der Waals surface area contributed by atoms with Gasteiger partial charge in [0.25, 0.3) is 0 Å². The molecule has 5 saturated carbocycles. The normalized spacial score (nSPS) is 56.1. The van der Waals surface area contributed by atoms with Crippen LogP contribution in [0.5, 0.6) is 0 Å². The molecule has 2 bridgehead atoms. The molecule has 8 rings (SSSR count). The van der Waals surface area contributed by atoms with Crippen molar-refractivity contribution in [2.24, 2.45) is 56.7 Å². The monoisotopic (exact) mass is 854 g/mol. The van der Waals surface area contributed by atoms with Crippen molar-refractivity contribution in [2.75, 3.05) is 26.4 Å². The molecule has 0 aromatic rings. The van der Waals surface area contributed by atoms with Crippen LogP contribution in [0.4, 0.5) is 0 Å². The van der Waals surface area contributed by atoms with Crippen molar-refractivity contribution in [1.82, 2.24) is 0 Å². The Bertz CT molecular complexity index is 1630. The zero-order valence-electron chi connectivity index (χ0n) is 36.0. The Morgan fingerprint density at radius 2 is 1.30 bits per heavy atom. The molecule has 0 amide bonds. The van der Waals surface area contributed by atoms with Gasteiger partial charge >= 0.3 is 11.9 Å². The number of carbonyl (C=O) groups is 2. The Morgan fingerprint density at radius 3 is 1.97 bits per heavy atom. The van der Waals surface area contributed by atoms with Crippen LogP contribution in [0.25, 0.3) is 0 Å². The summed E-state index contributed by atoms with van der Waals surface area (Å²) in [5.41, 5.74) is -2.64. The van der Waals surface area contributed by atoms with Gasteiger partial charge in [0.05, 0.1) is 31.3 Å². The summed E-state index contributed by atoms with van der Waals surface area (Å²) in [6, 6.07) is 0.